The molecule has 42 heavy (non-hydrogen) atoms. The SMILES string of the molecule is Cc1cc(COc2ccc(Cl)cc2C)c(C)c(C2C(C#N)=C(N)N(c3cc(Cl)cc(Cl)c3)C3=C2C(=O)CC(C)(C)C3)c1. The van der Waals surface area contributed by atoms with Gasteiger partial charge in [0.05, 0.1) is 23.2 Å². The van der Waals surface area contributed by atoms with E-state index in [1.807, 2.05) is 39.0 Å². The summed E-state index contributed by atoms with van der Waals surface area (Å²) in [6.07, 6.45) is 0.951. The van der Waals surface area contributed by atoms with Gasteiger partial charge < -0.3 is 10.5 Å². The van der Waals surface area contributed by atoms with Crippen LogP contribution in [0.3, 0.4) is 0 Å². The van der Waals surface area contributed by atoms with Crippen molar-refractivity contribution in [1.29, 1.82) is 5.26 Å². The van der Waals surface area contributed by atoms with Crippen molar-refractivity contribution in [3.05, 3.63) is 114 Å². The number of nitriles is 1. The Balaban J connectivity index is 1.68. The Morgan fingerprint density at radius 3 is 2.33 bits per heavy atom. The maximum atomic E-state index is 14.0. The van der Waals surface area contributed by atoms with Crippen molar-refractivity contribution in [2.75, 3.05) is 4.90 Å². The third-order valence-corrected chi connectivity index (χ3v) is 8.69. The standard InChI is InChI=1S/C34H32Cl3N3O2/c1-18-8-21(17-42-30-7-6-22(35)10-19(30)2)20(3)26(9-18)31-27(16-38)33(39)40(25-12-23(36)11-24(37)13-25)28-14-34(4,5)15-29(41)32(28)31/h6-13,31H,14-15,17,39H2,1-5H3. The van der Waals surface area contributed by atoms with Gasteiger partial charge in [-0.25, -0.2) is 0 Å². The van der Waals surface area contributed by atoms with Crippen LogP contribution in [-0.2, 0) is 11.4 Å². The normalized spacial score (nSPS) is 18.2. The number of allylic oxidation sites excluding steroid dienone is 3. The highest BCUT2D eigenvalue weighted by Gasteiger charge is 2.45. The molecule has 5 nitrogen and oxygen atoms in total. The Bertz CT molecular complexity index is 1710. The number of nitrogens with zero attached hydrogens (tertiary/aromatic N) is 2. The van der Waals surface area contributed by atoms with Crippen LogP contribution in [-0.4, -0.2) is 5.78 Å². The number of anilines is 1. The van der Waals surface area contributed by atoms with Crippen molar-refractivity contribution in [2.24, 2.45) is 11.1 Å². The summed E-state index contributed by atoms with van der Waals surface area (Å²) in [6, 6.07) is 17.1. The molecule has 0 saturated carbocycles. The molecule has 0 fully saturated rings. The minimum atomic E-state index is -0.615. The van der Waals surface area contributed by atoms with Crippen LogP contribution in [0.4, 0.5) is 5.69 Å². The highest BCUT2D eigenvalue weighted by atomic mass is 35.5. The monoisotopic (exact) mass is 619 g/mol. The molecule has 3 aromatic carbocycles. The summed E-state index contributed by atoms with van der Waals surface area (Å²) in [5.74, 6) is 0.392. The number of ketones is 1. The molecule has 0 spiro atoms. The van der Waals surface area contributed by atoms with Crippen molar-refractivity contribution in [2.45, 2.75) is 60.0 Å². The Morgan fingerprint density at radius 2 is 1.69 bits per heavy atom. The quantitative estimate of drug-likeness (QED) is 0.308. The first-order valence-corrected chi connectivity index (χ1v) is 14.8. The number of halogens is 3. The van der Waals surface area contributed by atoms with Crippen molar-refractivity contribution < 1.29 is 9.53 Å². The largest absolute Gasteiger partial charge is 0.489 e. The van der Waals surface area contributed by atoms with Crippen LogP contribution in [0.1, 0.15) is 60.4 Å². The van der Waals surface area contributed by atoms with Gasteiger partial charge in [-0.05, 0) is 91.3 Å². The van der Waals surface area contributed by atoms with Crippen LogP contribution in [0.15, 0.2) is 71.2 Å². The van der Waals surface area contributed by atoms with E-state index in [0.717, 1.165) is 39.3 Å². The molecular formula is C34H32Cl3N3O2. The van der Waals surface area contributed by atoms with Gasteiger partial charge in [0, 0.05) is 32.8 Å². The molecule has 1 unspecified atom stereocenters. The molecule has 0 aromatic heterocycles. The van der Waals surface area contributed by atoms with Gasteiger partial charge in [-0.2, -0.15) is 5.26 Å². The Hall–Kier alpha value is -3.43. The molecule has 0 saturated heterocycles. The average molecular weight is 621 g/mol. The molecule has 0 radical (unpaired) electrons. The predicted octanol–water partition coefficient (Wildman–Crippen LogP) is 9.09. The number of nitrogens with two attached hydrogens (primary N) is 1. The zero-order chi connectivity index (χ0) is 30.5. The molecule has 1 atom stereocenters. The van der Waals surface area contributed by atoms with E-state index in [2.05, 4.69) is 26.0 Å². The fraction of sp³-hybridized carbons (Fsp3) is 0.294. The summed E-state index contributed by atoms with van der Waals surface area (Å²) in [5, 5.41) is 12.1. The summed E-state index contributed by atoms with van der Waals surface area (Å²) in [7, 11) is 0. The first kappa shape index (κ1) is 30.0. The second-order valence-corrected chi connectivity index (χ2v) is 13.3. The number of hydrogen-bond acceptors (Lipinski definition) is 5. The number of rotatable bonds is 5. The Labute approximate surface area is 262 Å². The van der Waals surface area contributed by atoms with Gasteiger partial charge in [-0.1, -0.05) is 66.3 Å². The first-order chi connectivity index (χ1) is 19.8. The molecule has 1 aliphatic carbocycles. The number of hydrogen-bond donors (Lipinski definition) is 1. The maximum Gasteiger partial charge on any atom is 0.162 e. The summed E-state index contributed by atoms with van der Waals surface area (Å²) < 4.78 is 6.21. The maximum absolute atomic E-state index is 14.0. The molecule has 1 aliphatic heterocycles. The molecule has 1 heterocycles. The van der Waals surface area contributed by atoms with E-state index in [9.17, 15) is 10.1 Å². The number of carbonyl (C=O) groups excluding carboxylic acids is 1. The van der Waals surface area contributed by atoms with Crippen LogP contribution in [0, 0.1) is 37.5 Å². The molecule has 2 aliphatic rings. The van der Waals surface area contributed by atoms with E-state index in [1.165, 1.54) is 0 Å². The van der Waals surface area contributed by atoms with Crippen LogP contribution in [0.5, 0.6) is 5.75 Å². The van der Waals surface area contributed by atoms with E-state index in [-0.39, 0.29) is 17.0 Å². The lowest BCUT2D eigenvalue weighted by Crippen LogP contribution is -2.42. The van der Waals surface area contributed by atoms with Gasteiger partial charge in [-0.3, -0.25) is 9.69 Å². The highest BCUT2D eigenvalue weighted by molar-refractivity contribution is 6.35. The van der Waals surface area contributed by atoms with Crippen LogP contribution in [0.25, 0.3) is 0 Å². The van der Waals surface area contributed by atoms with Crippen molar-refractivity contribution >= 4 is 46.3 Å². The minimum absolute atomic E-state index is 0.000111. The van der Waals surface area contributed by atoms with Crippen LogP contribution in [0.2, 0.25) is 15.1 Å². The lowest BCUT2D eigenvalue weighted by molar-refractivity contribution is -0.118. The smallest absolute Gasteiger partial charge is 0.162 e. The number of benzene rings is 3. The van der Waals surface area contributed by atoms with Crippen LogP contribution < -0.4 is 15.4 Å². The molecule has 0 amide bonds. The molecule has 216 valence electrons. The van der Waals surface area contributed by atoms with Gasteiger partial charge in [0.2, 0.25) is 0 Å². The zero-order valence-corrected chi connectivity index (χ0v) is 26.5. The summed E-state index contributed by atoms with van der Waals surface area (Å²) in [5.41, 5.74) is 13.5. The fourth-order valence-corrected chi connectivity index (χ4v) is 6.87. The van der Waals surface area contributed by atoms with E-state index in [0.29, 0.717) is 51.4 Å². The number of Topliss-reactive ketones (excluding diaryl/α,β-unsaturated/α-hetero) is 1. The van der Waals surface area contributed by atoms with Gasteiger partial charge in [0.15, 0.2) is 5.78 Å². The second kappa shape index (κ2) is 11.3. The Kier molecular flexibility index (Phi) is 8.11. The van der Waals surface area contributed by atoms with Crippen molar-refractivity contribution in [3.8, 4) is 11.8 Å². The van der Waals surface area contributed by atoms with Crippen LogP contribution >= 0.6 is 34.8 Å². The number of carbonyl (C=O) groups is 1. The number of ether oxygens (including phenoxy) is 1. The summed E-state index contributed by atoms with van der Waals surface area (Å²) in [4.78, 5) is 15.8. The first-order valence-electron chi connectivity index (χ1n) is 13.7. The summed E-state index contributed by atoms with van der Waals surface area (Å²) in [6.45, 7) is 10.4. The third kappa shape index (κ3) is 5.64. The molecule has 0 bridgehead atoms. The lowest BCUT2D eigenvalue weighted by atomic mass is 9.68. The second-order valence-electron chi connectivity index (χ2n) is 11.9. The average Bonchev–Trinajstić information content (AvgIpc) is 2.88. The number of aryl methyl sites for hydroxylation is 2. The van der Waals surface area contributed by atoms with E-state index in [1.54, 1.807) is 29.2 Å². The topological polar surface area (TPSA) is 79.3 Å². The van der Waals surface area contributed by atoms with Gasteiger partial charge in [0.25, 0.3) is 0 Å². The van der Waals surface area contributed by atoms with E-state index >= 15 is 0 Å². The molecule has 8 heteroatoms. The molecular weight excluding hydrogens is 589 g/mol. The fourth-order valence-electron chi connectivity index (χ4n) is 6.13. The highest BCUT2D eigenvalue weighted by Crippen LogP contribution is 2.51. The van der Waals surface area contributed by atoms with Gasteiger partial charge in [0.1, 0.15) is 18.2 Å². The predicted molar refractivity (Wildman–Crippen MR) is 170 cm³/mol. The van der Waals surface area contributed by atoms with Gasteiger partial charge >= 0.3 is 0 Å². The lowest BCUT2D eigenvalue weighted by Gasteiger charge is -2.44. The van der Waals surface area contributed by atoms with Crippen molar-refractivity contribution in [3.63, 3.8) is 0 Å². The summed E-state index contributed by atoms with van der Waals surface area (Å²) >= 11 is 18.9. The molecule has 2 N–H and O–H groups in total. The Morgan fingerprint density at radius 1 is 1.00 bits per heavy atom. The zero-order valence-electron chi connectivity index (χ0n) is 24.2. The van der Waals surface area contributed by atoms with Gasteiger partial charge in [-0.15, -0.1) is 0 Å². The minimum Gasteiger partial charge on any atom is -0.489 e. The third-order valence-electron chi connectivity index (χ3n) is 8.02. The molecule has 3 aromatic rings. The van der Waals surface area contributed by atoms with Crippen molar-refractivity contribution in [1.82, 2.24) is 0 Å². The van der Waals surface area contributed by atoms with E-state index in [4.69, 9.17) is 45.3 Å². The van der Waals surface area contributed by atoms with E-state index < -0.39 is 5.92 Å². The molecule has 5 rings (SSSR count).